The van der Waals surface area contributed by atoms with Crippen LogP contribution >= 0.6 is 23.4 Å². The SMILES string of the molecule is CCCSc1nc(NC2CC2c2ccccc2)c2nnn([C@H]3C[C@@H](C(=O)Nc4ccc(Cl)cc4)[C@H](O)[C@@H]3O)c2n1. The lowest BCUT2D eigenvalue weighted by Crippen LogP contribution is -2.34. The Labute approximate surface area is 240 Å². The van der Waals surface area contributed by atoms with Crippen molar-refractivity contribution in [2.75, 3.05) is 16.4 Å². The van der Waals surface area contributed by atoms with Crippen LogP contribution in [0.15, 0.2) is 59.8 Å². The van der Waals surface area contributed by atoms with Gasteiger partial charge in [-0.2, -0.15) is 0 Å². The van der Waals surface area contributed by atoms with Gasteiger partial charge in [-0.1, -0.05) is 65.8 Å². The topological polar surface area (TPSA) is 138 Å². The van der Waals surface area contributed by atoms with Crippen molar-refractivity contribution in [3.8, 4) is 0 Å². The van der Waals surface area contributed by atoms with E-state index < -0.39 is 30.1 Å². The summed E-state index contributed by atoms with van der Waals surface area (Å²) in [5.74, 6) is 0.599. The predicted molar refractivity (Wildman–Crippen MR) is 155 cm³/mol. The monoisotopic (exact) mass is 579 g/mol. The van der Waals surface area contributed by atoms with Crippen molar-refractivity contribution >= 4 is 51.9 Å². The van der Waals surface area contributed by atoms with Crippen LogP contribution in [0.5, 0.6) is 0 Å². The van der Waals surface area contributed by atoms with Crippen LogP contribution in [-0.4, -0.2) is 65.1 Å². The van der Waals surface area contributed by atoms with E-state index in [1.54, 1.807) is 36.0 Å². The van der Waals surface area contributed by atoms with Gasteiger partial charge in [-0.05, 0) is 49.1 Å². The van der Waals surface area contributed by atoms with Gasteiger partial charge in [0.1, 0.15) is 6.10 Å². The van der Waals surface area contributed by atoms with Crippen LogP contribution in [0.1, 0.15) is 43.7 Å². The highest BCUT2D eigenvalue weighted by atomic mass is 35.5. The lowest BCUT2D eigenvalue weighted by atomic mass is 10.0. The number of hydrogen-bond acceptors (Lipinski definition) is 9. The fraction of sp³-hybridized carbons (Fsp3) is 0.393. The summed E-state index contributed by atoms with van der Waals surface area (Å²) in [6.45, 7) is 2.09. The highest BCUT2D eigenvalue weighted by molar-refractivity contribution is 7.99. The molecule has 12 heteroatoms. The van der Waals surface area contributed by atoms with Crippen molar-refractivity contribution in [3.63, 3.8) is 0 Å². The molecular weight excluding hydrogens is 550 g/mol. The molecule has 2 aromatic heterocycles. The van der Waals surface area contributed by atoms with Gasteiger partial charge in [0.2, 0.25) is 5.91 Å². The largest absolute Gasteiger partial charge is 0.390 e. The van der Waals surface area contributed by atoms with Crippen LogP contribution in [0, 0.1) is 5.92 Å². The molecule has 6 rings (SSSR count). The number of aliphatic hydroxyl groups is 2. The van der Waals surface area contributed by atoms with Crippen molar-refractivity contribution in [2.45, 2.75) is 61.6 Å². The number of amides is 1. The molecule has 0 bridgehead atoms. The second kappa shape index (κ2) is 11.3. The molecule has 1 amide bonds. The standard InChI is InChI=1S/C28H30ClN7O3S/c1-2-12-40-28-32-25(31-20-13-18(20)15-6-4-3-5-7-15)22-26(33-28)36(35-34-22)21-14-19(23(37)24(21)38)27(39)30-17-10-8-16(29)9-11-17/h3-11,18-21,23-24,37-38H,2,12-14H2,1H3,(H,30,39)(H,31,32,33)/t18?,19-,20?,21+,23+,24-/m1/s1. The highest BCUT2D eigenvalue weighted by Crippen LogP contribution is 2.44. The number of thioether (sulfide) groups is 1. The van der Waals surface area contributed by atoms with E-state index in [0.29, 0.717) is 38.8 Å². The number of hydrogen-bond donors (Lipinski definition) is 4. The Morgan fingerprint density at radius 3 is 2.60 bits per heavy atom. The first-order valence-corrected chi connectivity index (χ1v) is 14.8. The van der Waals surface area contributed by atoms with E-state index in [4.69, 9.17) is 21.6 Å². The lowest BCUT2D eigenvalue weighted by Gasteiger charge is -2.17. The average Bonchev–Trinajstić information content (AvgIpc) is 3.50. The van der Waals surface area contributed by atoms with Crippen LogP contribution in [0.4, 0.5) is 11.5 Å². The summed E-state index contributed by atoms with van der Waals surface area (Å²) < 4.78 is 1.53. The minimum Gasteiger partial charge on any atom is -0.390 e. The Kier molecular flexibility index (Phi) is 7.63. The summed E-state index contributed by atoms with van der Waals surface area (Å²) >= 11 is 7.48. The van der Waals surface area contributed by atoms with E-state index in [1.807, 2.05) is 18.2 Å². The van der Waals surface area contributed by atoms with Crippen molar-refractivity contribution in [2.24, 2.45) is 5.92 Å². The third kappa shape index (κ3) is 5.38. The second-order valence-electron chi connectivity index (χ2n) is 10.3. The summed E-state index contributed by atoms with van der Waals surface area (Å²) in [7, 11) is 0. The van der Waals surface area contributed by atoms with E-state index in [0.717, 1.165) is 18.6 Å². The maximum atomic E-state index is 13.0. The number of carbonyl (C=O) groups is 1. The number of fused-ring (bicyclic) bond motifs is 1. The molecule has 40 heavy (non-hydrogen) atoms. The summed E-state index contributed by atoms with van der Waals surface area (Å²) in [6.07, 6.45) is -0.386. The van der Waals surface area contributed by atoms with Gasteiger partial charge in [0.05, 0.1) is 18.1 Å². The van der Waals surface area contributed by atoms with Crippen LogP contribution in [-0.2, 0) is 4.79 Å². The number of rotatable bonds is 9. The molecule has 2 saturated carbocycles. The van der Waals surface area contributed by atoms with Crippen molar-refractivity contribution < 1.29 is 15.0 Å². The third-order valence-electron chi connectivity index (χ3n) is 7.49. The summed E-state index contributed by atoms with van der Waals surface area (Å²) in [5, 5.41) is 38.0. The Hall–Kier alpha value is -3.25. The predicted octanol–water partition coefficient (Wildman–Crippen LogP) is 4.27. The molecule has 2 heterocycles. The molecule has 0 saturated heterocycles. The van der Waals surface area contributed by atoms with Gasteiger partial charge < -0.3 is 20.8 Å². The molecule has 6 atom stereocenters. The summed E-state index contributed by atoms with van der Waals surface area (Å²) in [4.78, 5) is 22.5. The zero-order chi connectivity index (χ0) is 27.8. The Bertz CT molecular complexity index is 1500. The average molecular weight is 580 g/mol. The molecule has 208 valence electrons. The molecule has 0 spiro atoms. The molecule has 2 aliphatic carbocycles. The minimum atomic E-state index is -1.27. The highest BCUT2D eigenvalue weighted by Gasteiger charge is 2.47. The number of aromatic nitrogens is 5. The second-order valence-corrected chi connectivity index (χ2v) is 11.8. The van der Waals surface area contributed by atoms with E-state index in [1.165, 1.54) is 10.2 Å². The third-order valence-corrected chi connectivity index (χ3v) is 8.80. The first kappa shape index (κ1) is 26.9. The number of halogens is 1. The first-order chi connectivity index (χ1) is 19.4. The van der Waals surface area contributed by atoms with Gasteiger partial charge in [-0.3, -0.25) is 4.79 Å². The maximum absolute atomic E-state index is 13.0. The molecule has 0 aliphatic heterocycles. The summed E-state index contributed by atoms with van der Waals surface area (Å²) in [6, 6.07) is 16.6. The minimum absolute atomic E-state index is 0.170. The van der Waals surface area contributed by atoms with Crippen molar-refractivity contribution in [1.82, 2.24) is 25.0 Å². The van der Waals surface area contributed by atoms with E-state index in [2.05, 4.69) is 40.0 Å². The van der Waals surface area contributed by atoms with Gasteiger partial charge >= 0.3 is 0 Å². The first-order valence-electron chi connectivity index (χ1n) is 13.4. The van der Waals surface area contributed by atoms with Crippen LogP contribution in [0.3, 0.4) is 0 Å². The zero-order valence-corrected chi connectivity index (χ0v) is 23.4. The molecule has 2 aliphatic rings. The number of benzene rings is 2. The van der Waals surface area contributed by atoms with Crippen LogP contribution in [0.25, 0.3) is 11.2 Å². The zero-order valence-electron chi connectivity index (χ0n) is 21.8. The summed E-state index contributed by atoms with van der Waals surface area (Å²) in [5.41, 5.74) is 2.79. The van der Waals surface area contributed by atoms with E-state index in [-0.39, 0.29) is 12.5 Å². The molecule has 2 unspecified atom stereocenters. The van der Waals surface area contributed by atoms with Gasteiger partial charge in [-0.15, -0.1) is 5.10 Å². The number of nitrogens with zero attached hydrogens (tertiary/aromatic N) is 5. The molecule has 2 fully saturated rings. The van der Waals surface area contributed by atoms with Crippen molar-refractivity contribution in [3.05, 3.63) is 65.2 Å². The molecule has 2 aromatic carbocycles. The van der Waals surface area contributed by atoms with Gasteiger partial charge in [0.25, 0.3) is 0 Å². The van der Waals surface area contributed by atoms with Crippen molar-refractivity contribution in [1.29, 1.82) is 0 Å². The molecule has 10 nitrogen and oxygen atoms in total. The van der Waals surface area contributed by atoms with E-state index >= 15 is 0 Å². The fourth-order valence-corrected chi connectivity index (χ4v) is 6.09. The van der Waals surface area contributed by atoms with Gasteiger partial charge in [0.15, 0.2) is 22.1 Å². The quantitative estimate of drug-likeness (QED) is 0.169. The Morgan fingerprint density at radius 2 is 1.85 bits per heavy atom. The number of nitrogens with one attached hydrogen (secondary N) is 2. The fourth-order valence-electron chi connectivity index (χ4n) is 5.27. The maximum Gasteiger partial charge on any atom is 0.230 e. The van der Waals surface area contributed by atoms with Gasteiger partial charge in [-0.25, -0.2) is 14.6 Å². The Morgan fingerprint density at radius 1 is 1.07 bits per heavy atom. The molecular formula is C28H30ClN7O3S. The van der Waals surface area contributed by atoms with E-state index in [9.17, 15) is 15.0 Å². The number of aliphatic hydroxyl groups excluding tert-OH is 2. The normalized spacial score (nSPS) is 25.7. The van der Waals surface area contributed by atoms with Crippen LogP contribution in [0.2, 0.25) is 5.02 Å². The molecule has 4 aromatic rings. The smallest absolute Gasteiger partial charge is 0.230 e. The van der Waals surface area contributed by atoms with Crippen LogP contribution < -0.4 is 10.6 Å². The Balaban J connectivity index is 1.26. The number of anilines is 2. The molecule has 0 radical (unpaired) electrons. The van der Waals surface area contributed by atoms with Gasteiger partial charge in [0, 0.05) is 28.4 Å². The number of carbonyl (C=O) groups excluding carboxylic acids is 1. The molecule has 4 N–H and O–H groups in total. The lowest BCUT2D eigenvalue weighted by molar-refractivity contribution is -0.123.